The molecule has 1 aliphatic rings. The topological polar surface area (TPSA) is 34.0 Å². The molecule has 1 aliphatic heterocycles. The van der Waals surface area contributed by atoms with E-state index in [0.717, 1.165) is 29.0 Å². The first-order valence-corrected chi connectivity index (χ1v) is 9.93. The minimum Gasteiger partial charge on any atom is -0.303 e. The van der Waals surface area contributed by atoms with Crippen molar-refractivity contribution < 1.29 is 0 Å². The third-order valence-electron chi connectivity index (χ3n) is 5.42. The van der Waals surface area contributed by atoms with E-state index >= 15 is 0 Å². The number of fused-ring (bicyclic) bond motifs is 1. The van der Waals surface area contributed by atoms with Crippen molar-refractivity contribution in [3.63, 3.8) is 0 Å². The fraction of sp³-hybridized carbons (Fsp3) is 0.429. The van der Waals surface area contributed by atoms with Gasteiger partial charge < -0.3 is 4.90 Å². The molecule has 4 rings (SSSR count). The van der Waals surface area contributed by atoms with Gasteiger partial charge in [0.15, 0.2) is 0 Å². The lowest BCUT2D eigenvalue weighted by Gasteiger charge is -2.32. The lowest BCUT2D eigenvalue weighted by Crippen LogP contribution is -2.33. The van der Waals surface area contributed by atoms with E-state index in [9.17, 15) is 0 Å². The van der Waals surface area contributed by atoms with Crippen LogP contribution in [0.25, 0.3) is 11.0 Å². The number of unbranched alkanes of at least 4 members (excludes halogenated alkanes) is 1. The molecule has 1 aromatic heterocycles. The quantitative estimate of drug-likeness (QED) is 0.589. The molecule has 26 heavy (non-hydrogen) atoms. The Morgan fingerprint density at radius 2 is 1.77 bits per heavy atom. The van der Waals surface area contributed by atoms with Gasteiger partial charge in [0.25, 0.3) is 0 Å². The molecular weight excluding hydrogens is 344 g/mol. The molecule has 0 aliphatic carbocycles. The fourth-order valence-electron chi connectivity index (χ4n) is 3.93. The van der Waals surface area contributed by atoms with Crippen LogP contribution in [0, 0.1) is 0 Å². The van der Waals surface area contributed by atoms with Crippen LogP contribution in [0.1, 0.15) is 37.2 Å². The van der Waals surface area contributed by atoms with Gasteiger partial charge in [-0.25, -0.2) is 4.68 Å². The van der Waals surface area contributed by atoms with Crippen LogP contribution in [0.5, 0.6) is 0 Å². The molecule has 0 N–H and O–H groups in total. The molecule has 0 radical (unpaired) electrons. The van der Waals surface area contributed by atoms with Crippen LogP contribution in [0.4, 0.5) is 0 Å². The second-order valence-electron chi connectivity index (χ2n) is 7.18. The minimum atomic E-state index is 0.659. The van der Waals surface area contributed by atoms with Crippen LogP contribution in [-0.2, 0) is 6.54 Å². The fourth-order valence-corrected chi connectivity index (χ4v) is 4.13. The van der Waals surface area contributed by atoms with Crippen LogP contribution in [0.2, 0.25) is 5.02 Å². The van der Waals surface area contributed by atoms with Crippen molar-refractivity contribution in [2.45, 2.75) is 38.1 Å². The van der Waals surface area contributed by atoms with E-state index in [-0.39, 0.29) is 0 Å². The molecule has 4 nitrogen and oxygen atoms in total. The summed E-state index contributed by atoms with van der Waals surface area (Å²) in [5.41, 5.74) is 3.51. The zero-order valence-corrected chi connectivity index (χ0v) is 15.8. The van der Waals surface area contributed by atoms with E-state index in [1.807, 2.05) is 28.9 Å². The number of rotatable bonds is 6. The Labute approximate surface area is 159 Å². The lowest BCUT2D eigenvalue weighted by atomic mass is 9.89. The number of benzene rings is 2. The van der Waals surface area contributed by atoms with Crippen LogP contribution in [-0.4, -0.2) is 39.5 Å². The maximum absolute atomic E-state index is 6.13. The first-order chi connectivity index (χ1) is 12.8. The van der Waals surface area contributed by atoms with Crippen molar-refractivity contribution in [2.75, 3.05) is 19.6 Å². The van der Waals surface area contributed by atoms with Crippen LogP contribution in [0.15, 0.2) is 48.5 Å². The highest BCUT2D eigenvalue weighted by atomic mass is 35.5. The second kappa shape index (κ2) is 8.19. The van der Waals surface area contributed by atoms with Gasteiger partial charge in [-0.05, 0) is 81.1 Å². The molecule has 0 spiro atoms. The number of halogens is 1. The number of piperidine rings is 1. The Bertz CT molecular complexity index is 852. The highest BCUT2D eigenvalue weighted by Gasteiger charge is 2.20. The predicted octanol–water partition coefficient (Wildman–Crippen LogP) is 4.74. The van der Waals surface area contributed by atoms with Crippen molar-refractivity contribution in [1.82, 2.24) is 19.9 Å². The summed E-state index contributed by atoms with van der Waals surface area (Å²) in [5, 5.41) is 9.35. The standard InChI is InChI=1S/C21H25ClN4/c22-19-7-5-6-18(16-19)17-10-14-25(15-11-17)12-3-4-13-26-21-9-2-1-8-20(21)23-24-26/h1-2,5-9,16-17H,3-4,10-15H2. The predicted molar refractivity (Wildman–Crippen MR) is 107 cm³/mol. The summed E-state index contributed by atoms with van der Waals surface area (Å²) < 4.78 is 2.03. The van der Waals surface area contributed by atoms with Gasteiger partial charge in [-0.1, -0.05) is 41.1 Å². The molecule has 136 valence electrons. The molecule has 2 aromatic carbocycles. The van der Waals surface area contributed by atoms with E-state index in [2.05, 4.69) is 39.5 Å². The normalized spacial score (nSPS) is 16.3. The SMILES string of the molecule is Clc1cccc(C2CCN(CCCCn3nnc4ccccc43)CC2)c1. The molecule has 1 fully saturated rings. The summed E-state index contributed by atoms with van der Waals surface area (Å²) in [4.78, 5) is 2.60. The molecule has 0 amide bonds. The van der Waals surface area contributed by atoms with Gasteiger partial charge in [0, 0.05) is 11.6 Å². The Balaban J connectivity index is 1.20. The number of aryl methyl sites for hydroxylation is 1. The first kappa shape index (κ1) is 17.5. The largest absolute Gasteiger partial charge is 0.303 e. The van der Waals surface area contributed by atoms with Gasteiger partial charge in [-0.2, -0.15) is 0 Å². The Hall–Kier alpha value is -1.91. The number of hydrogen-bond acceptors (Lipinski definition) is 3. The summed E-state index contributed by atoms with van der Waals surface area (Å²) >= 11 is 6.13. The van der Waals surface area contributed by atoms with Gasteiger partial charge >= 0.3 is 0 Å². The highest BCUT2D eigenvalue weighted by Crippen LogP contribution is 2.29. The van der Waals surface area contributed by atoms with E-state index in [4.69, 9.17) is 11.6 Å². The van der Waals surface area contributed by atoms with E-state index in [1.54, 1.807) is 0 Å². The van der Waals surface area contributed by atoms with Crippen LogP contribution in [0.3, 0.4) is 0 Å². The van der Waals surface area contributed by atoms with Crippen molar-refractivity contribution in [2.24, 2.45) is 0 Å². The minimum absolute atomic E-state index is 0.659. The van der Waals surface area contributed by atoms with Gasteiger partial charge in [-0.15, -0.1) is 5.10 Å². The molecule has 0 bridgehead atoms. The Kier molecular flexibility index (Phi) is 5.51. The second-order valence-corrected chi connectivity index (χ2v) is 7.62. The summed E-state index contributed by atoms with van der Waals surface area (Å²) in [6, 6.07) is 16.5. The lowest BCUT2D eigenvalue weighted by molar-refractivity contribution is 0.207. The molecule has 1 saturated heterocycles. The van der Waals surface area contributed by atoms with E-state index in [0.29, 0.717) is 5.92 Å². The maximum atomic E-state index is 6.13. The molecule has 0 saturated carbocycles. The third kappa shape index (κ3) is 4.08. The average molecular weight is 369 g/mol. The van der Waals surface area contributed by atoms with Gasteiger partial charge in [0.2, 0.25) is 0 Å². The van der Waals surface area contributed by atoms with Gasteiger partial charge in [0.05, 0.1) is 5.52 Å². The van der Waals surface area contributed by atoms with Crippen molar-refractivity contribution in [3.05, 3.63) is 59.1 Å². The molecular formula is C21H25ClN4. The summed E-state index contributed by atoms with van der Waals surface area (Å²) in [6.45, 7) is 4.49. The summed E-state index contributed by atoms with van der Waals surface area (Å²) in [7, 11) is 0. The monoisotopic (exact) mass is 368 g/mol. The number of aromatic nitrogens is 3. The number of likely N-dealkylation sites (tertiary alicyclic amines) is 1. The van der Waals surface area contributed by atoms with Crippen molar-refractivity contribution in [1.29, 1.82) is 0 Å². The molecule has 5 heteroatoms. The van der Waals surface area contributed by atoms with E-state index in [1.165, 1.54) is 44.5 Å². The van der Waals surface area contributed by atoms with Crippen molar-refractivity contribution >= 4 is 22.6 Å². The summed E-state index contributed by atoms with van der Waals surface area (Å²) in [5.74, 6) is 0.659. The number of para-hydroxylation sites is 1. The van der Waals surface area contributed by atoms with Gasteiger partial charge in [-0.3, -0.25) is 0 Å². The molecule has 0 unspecified atom stereocenters. The Morgan fingerprint density at radius 1 is 0.962 bits per heavy atom. The van der Waals surface area contributed by atoms with Crippen LogP contribution >= 0.6 is 11.6 Å². The van der Waals surface area contributed by atoms with Crippen LogP contribution < -0.4 is 0 Å². The molecule has 0 atom stereocenters. The number of hydrogen-bond donors (Lipinski definition) is 0. The summed E-state index contributed by atoms with van der Waals surface area (Å²) in [6.07, 6.45) is 4.81. The molecule has 2 heterocycles. The molecule has 3 aromatic rings. The first-order valence-electron chi connectivity index (χ1n) is 9.55. The highest BCUT2D eigenvalue weighted by molar-refractivity contribution is 6.30. The zero-order valence-electron chi connectivity index (χ0n) is 15.0. The zero-order chi connectivity index (χ0) is 17.8. The average Bonchev–Trinajstić information content (AvgIpc) is 3.09. The Morgan fingerprint density at radius 3 is 2.62 bits per heavy atom. The third-order valence-corrected chi connectivity index (χ3v) is 5.66. The number of nitrogens with zero attached hydrogens (tertiary/aromatic N) is 4. The van der Waals surface area contributed by atoms with E-state index < -0.39 is 0 Å². The maximum Gasteiger partial charge on any atom is 0.113 e. The van der Waals surface area contributed by atoms with Gasteiger partial charge in [0.1, 0.15) is 5.52 Å². The smallest absolute Gasteiger partial charge is 0.113 e. The van der Waals surface area contributed by atoms with Crippen molar-refractivity contribution in [3.8, 4) is 0 Å².